The Labute approximate surface area is 125 Å². The number of ether oxygens (including phenoxy) is 1. The maximum Gasteiger partial charge on any atom is 0.435 e. The summed E-state index contributed by atoms with van der Waals surface area (Å²) in [5.41, 5.74) is -4.46. The SMILES string of the molecule is Cn1cc(C(C)(C=O)NC(=O)OC(C)(C)C)c(C(F)(F)F)n1. The van der Waals surface area contributed by atoms with Gasteiger partial charge >= 0.3 is 12.3 Å². The van der Waals surface area contributed by atoms with Gasteiger partial charge in [0.2, 0.25) is 0 Å². The molecule has 0 saturated carbocycles. The van der Waals surface area contributed by atoms with Crippen LogP contribution in [0.3, 0.4) is 0 Å². The lowest BCUT2D eigenvalue weighted by atomic mass is 9.94. The molecule has 0 aliphatic carbocycles. The number of carbonyl (C=O) groups is 2. The molecule has 0 saturated heterocycles. The highest BCUT2D eigenvalue weighted by Gasteiger charge is 2.44. The van der Waals surface area contributed by atoms with Gasteiger partial charge in [-0.2, -0.15) is 18.3 Å². The molecule has 0 aromatic carbocycles. The number of hydrogen-bond acceptors (Lipinski definition) is 4. The molecule has 124 valence electrons. The average Bonchev–Trinajstić information content (AvgIpc) is 2.68. The zero-order valence-corrected chi connectivity index (χ0v) is 12.9. The summed E-state index contributed by atoms with van der Waals surface area (Å²) in [6.07, 6.45) is -4.51. The number of nitrogens with one attached hydrogen (secondary N) is 1. The van der Waals surface area contributed by atoms with Crippen LogP contribution in [0.25, 0.3) is 0 Å². The quantitative estimate of drug-likeness (QED) is 0.868. The Morgan fingerprint density at radius 2 is 1.86 bits per heavy atom. The molecular formula is C13H18F3N3O3. The lowest BCUT2D eigenvalue weighted by molar-refractivity contribution is -0.142. The van der Waals surface area contributed by atoms with Crippen molar-refractivity contribution in [2.24, 2.45) is 7.05 Å². The minimum Gasteiger partial charge on any atom is -0.444 e. The van der Waals surface area contributed by atoms with Crippen LogP contribution < -0.4 is 5.32 Å². The van der Waals surface area contributed by atoms with Gasteiger partial charge in [-0.1, -0.05) is 0 Å². The fraction of sp³-hybridized carbons (Fsp3) is 0.615. The van der Waals surface area contributed by atoms with Crippen molar-refractivity contribution in [1.82, 2.24) is 15.1 Å². The van der Waals surface area contributed by atoms with Crippen LogP contribution in [0.4, 0.5) is 18.0 Å². The number of halogens is 3. The van der Waals surface area contributed by atoms with Crippen molar-refractivity contribution in [3.63, 3.8) is 0 Å². The van der Waals surface area contributed by atoms with E-state index in [9.17, 15) is 22.8 Å². The topological polar surface area (TPSA) is 73.2 Å². The summed E-state index contributed by atoms with van der Waals surface area (Å²) < 4.78 is 44.9. The van der Waals surface area contributed by atoms with Crippen molar-refractivity contribution in [1.29, 1.82) is 0 Å². The minimum absolute atomic E-state index is 0.211. The second-order valence-corrected chi connectivity index (χ2v) is 6.01. The van der Waals surface area contributed by atoms with Crippen molar-refractivity contribution in [2.75, 3.05) is 0 Å². The van der Waals surface area contributed by atoms with Gasteiger partial charge in [-0.15, -0.1) is 0 Å². The third-order valence-electron chi connectivity index (χ3n) is 2.65. The average molecular weight is 321 g/mol. The Morgan fingerprint density at radius 3 is 2.27 bits per heavy atom. The van der Waals surface area contributed by atoms with Gasteiger partial charge in [0.15, 0.2) is 5.69 Å². The van der Waals surface area contributed by atoms with Gasteiger partial charge in [0.25, 0.3) is 0 Å². The van der Waals surface area contributed by atoms with Gasteiger partial charge in [-0.25, -0.2) is 4.79 Å². The molecule has 1 aromatic rings. The van der Waals surface area contributed by atoms with Gasteiger partial charge in [0.1, 0.15) is 17.4 Å². The van der Waals surface area contributed by atoms with E-state index in [1.54, 1.807) is 20.8 Å². The summed E-state index contributed by atoms with van der Waals surface area (Å²) in [4.78, 5) is 23.1. The molecule has 0 radical (unpaired) electrons. The van der Waals surface area contributed by atoms with E-state index in [1.807, 2.05) is 0 Å². The van der Waals surface area contributed by atoms with E-state index in [2.05, 4.69) is 10.4 Å². The summed E-state index contributed by atoms with van der Waals surface area (Å²) in [6, 6.07) is 0. The molecule has 1 atom stereocenters. The molecule has 0 aliphatic rings. The molecule has 0 fully saturated rings. The summed E-state index contributed by atoms with van der Waals surface area (Å²) >= 11 is 0. The Hall–Kier alpha value is -2.06. The zero-order valence-electron chi connectivity index (χ0n) is 12.9. The second kappa shape index (κ2) is 5.62. The second-order valence-electron chi connectivity index (χ2n) is 6.01. The molecule has 1 aromatic heterocycles. The van der Waals surface area contributed by atoms with E-state index < -0.39 is 34.7 Å². The van der Waals surface area contributed by atoms with Crippen LogP contribution in [0.15, 0.2) is 6.20 Å². The molecule has 1 heterocycles. The van der Waals surface area contributed by atoms with E-state index in [0.29, 0.717) is 0 Å². The van der Waals surface area contributed by atoms with Gasteiger partial charge in [0, 0.05) is 18.8 Å². The molecule has 9 heteroatoms. The van der Waals surface area contributed by atoms with Crippen LogP contribution in [0.2, 0.25) is 0 Å². The highest BCUT2D eigenvalue weighted by Crippen LogP contribution is 2.35. The lowest BCUT2D eigenvalue weighted by Gasteiger charge is -2.27. The van der Waals surface area contributed by atoms with Crippen molar-refractivity contribution in [3.8, 4) is 0 Å². The molecular weight excluding hydrogens is 303 g/mol. The summed E-state index contributed by atoms with van der Waals surface area (Å²) in [6.45, 7) is 5.93. The summed E-state index contributed by atoms with van der Waals surface area (Å²) in [5.74, 6) is 0. The number of alkyl carbamates (subject to hydrolysis) is 1. The van der Waals surface area contributed by atoms with Crippen LogP contribution in [0.5, 0.6) is 0 Å². The minimum atomic E-state index is -4.75. The molecule has 22 heavy (non-hydrogen) atoms. The molecule has 6 nitrogen and oxygen atoms in total. The number of hydrogen-bond donors (Lipinski definition) is 1. The van der Waals surface area contributed by atoms with E-state index in [1.165, 1.54) is 7.05 Å². The van der Waals surface area contributed by atoms with Gasteiger partial charge in [-0.05, 0) is 27.7 Å². The first-order valence-electron chi connectivity index (χ1n) is 6.37. The number of carbonyl (C=O) groups excluding carboxylic acids is 2. The third-order valence-corrected chi connectivity index (χ3v) is 2.65. The molecule has 1 rings (SSSR count). The number of aromatic nitrogens is 2. The van der Waals surface area contributed by atoms with Crippen LogP contribution >= 0.6 is 0 Å². The number of amides is 1. The molecule has 0 aliphatic heterocycles. The van der Waals surface area contributed by atoms with Crippen molar-refractivity contribution in [2.45, 2.75) is 45.0 Å². The van der Waals surface area contributed by atoms with Gasteiger partial charge < -0.3 is 14.8 Å². The molecule has 1 N–H and O–H groups in total. The number of aryl methyl sites for hydroxylation is 1. The van der Waals surface area contributed by atoms with Crippen LogP contribution in [-0.4, -0.2) is 27.8 Å². The Balaban J connectivity index is 3.20. The van der Waals surface area contributed by atoms with Gasteiger partial charge in [0.05, 0.1) is 0 Å². The number of rotatable bonds is 3. The first-order valence-corrected chi connectivity index (χ1v) is 6.37. The lowest BCUT2D eigenvalue weighted by Crippen LogP contribution is -2.47. The van der Waals surface area contributed by atoms with Crippen LogP contribution in [0.1, 0.15) is 39.0 Å². The predicted molar refractivity (Wildman–Crippen MR) is 71.0 cm³/mol. The number of aldehydes is 1. The smallest absolute Gasteiger partial charge is 0.435 e. The van der Waals surface area contributed by atoms with E-state index in [0.717, 1.165) is 17.8 Å². The molecule has 1 amide bonds. The van der Waals surface area contributed by atoms with Crippen molar-refractivity contribution in [3.05, 3.63) is 17.5 Å². The first kappa shape index (κ1) is 18.0. The summed E-state index contributed by atoms with van der Waals surface area (Å²) in [5, 5.41) is 5.48. The predicted octanol–water partition coefficient (Wildman–Crippen LogP) is 2.38. The van der Waals surface area contributed by atoms with E-state index >= 15 is 0 Å². The van der Waals surface area contributed by atoms with Crippen molar-refractivity contribution < 1.29 is 27.5 Å². The standard InChI is InChI=1S/C13H18F3N3O3/c1-11(2,3)22-10(21)17-12(4,7-20)8-6-19(5)18-9(8)13(14,15)16/h6-7H,1-5H3,(H,17,21). The highest BCUT2D eigenvalue weighted by atomic mass is 19.4. The maximum atomic E-state index is 13.0. The van der Waals surface area contributed by atoms with Crippen LogP contribution in [0, 0.1) is 0 Å². The fourth-order valence-electron chi connectivity index (χ4n) is 1.75. The normalized spacial score (nSPS) is 15.1. The van der Waals surface area contributed by atoms with E-state index in [-0.39, 0.29) is 6.29 Å². The molecule has 0 spiro atoms. The summed E-state index contributed by atoms with van der Waals surface area (Å²) in [7, 11) is 1.29. The first-order chi connectivity index (χ1) is 9.78. The monoisotopic (exact) mass is 321 g/mol. The zero-order chi connectivity index (χ0) is 17.3. The Kier molecular flexibility index (Phi) is 4.59. The number of nitrogens with zero attached hydrogens (tertiary/aromatic N) is 2. The van der Waals surface area contributed by atoms with Crippen LogP contribution in [-0.2, 0) is 28.3 Å². The largest absolute Gasteiger partial charge is 0.444 e. The third kappa shape index (κ3) is 4.22. The van der Waals surface area contributed by atoms with Gasteiger partial charge in [-0.3, -0.25) is 4.68 Å². The van der Waals surface area contributed by atoms with Crippen molar-refractivity contribution >= 4 is 12.4 Å². The Bertz CT molecular complexity index is 575. The highest BCUT2D eigenvalue weighted by molar-refractivity contribution is 5.78. The Morgan fingerprint density at radius 1 is 1.32 bits per heavy atom. The molecule has 1 unspecified atom stereocenters. The number of alkyl halides is 3. The fourth-order valence-corrected chi connectivity index (χ4v) is 1.75. The maximum absolute atomic E-state index is 13.0. The van der Waals surface area contributed by atoms with E-state index in [4.69, 9.17) is 4.74 Å². The molecule has 0 bridgehead atoms.